The van der Waals surface area contributed by atoms with E-state index in [0.29, 0.717) is 45.4 Å². The van der Waals surface area contributed by atoms with E-state index in [1.54, 1.807) is 18.2 Å². The highest BCUT2D eigenvalue weighted by Gasteiger charge is 2.38. The summed E-state index contributed by atoms with van der Waals surface area (Å²) in [5.41, 5.74) is 10.4. The Morgan fingerprint density at radius 2 is 1.78 bits per heavy atom. The lowest BCUT2D eigenvalue weighted by Crippen LogP contribution is -2.61. The molecular formula is C55H71N7O7. The second-order valence-electron chi connectivity index (χ2n) is 21.0. The van der Waals surface area contributed by atoms with Crippen LogP contribution in [0.2, 0.25) is 0 Å². The summed E-state index contributed by atoms with van der Waals surface area (Å²) in [6.45, 7) is 20.6. The van der Waals surface area contributed by atoms with Crippen LogP contribution in [-0.4, -0.2) is 125 Å². The van der Waals surface area contributed by atoms with Gasteiger partial charge >= 0.3 is 5.97 Å². The first-order valence-electron chi connectivity index (χ1n) is 24.9. The molecule has 1 unspecified atom stereocenters. The standard InChI is InChI=1S/C55H71N7O7/c1-10-61-47-20-19-39-29-42(47)43(50(61)41-17-12-23-56-49(41)36(4)67-9)30-54(5,6)34-69-53(66)45-18-13-26-62(58-45)52(65)46(28-37-15-11-16-38(39)27-37)57-51(64)44(35(2)3)33-68-40-31-59(32-40)48(63)21-22-55(7,8)60-24-14-25-60/h11-12,15-17,19-20,23,27,29,35-36,40,44-46,58H,10,13-14,18,24-26,28,30-34H2,1-9H3,(H,57,64)/t36-,44?,45-,46-/m0/s1. The highest BCUT2D eigenvalue weighted by Crippen LogP contribution is 2.42. The molecule has 14 heteroatoms. The predicted molar refractivity (Wildman–Crippen MR) is 266 cm³/mol. The molecule has 2 aromatic heterocycles. The van der Waals surface area contributed by atoms with E-state index in [-0.39, 0.29) is 61.0 Å². The summed E-state index contributed by atoms with van der Waals surface area (Å²) in [7, 11) is 1.70. The lowest BCUT2D eigenvalue weighted by atomic mass is 9.84. The van der Waals surface area contributed by atoms with Crippen molar-refractivity contribution in [2.75, 3.05) is 53.0 Å². The van der Waals surface area contributed by atoms with Crippen LogP contribution < -0.4 is 10.7 Å². The SMILES string of the molecule is CCn1c(-c2cccnc2[C@H](C)OC)c2c3cc(ccc31)-c1cccc(c1)C[C@H](NC(=O)C(COC1CN(C(=O)C#CC(C)(C)N3CCC3)C1)C(C)C)C(=O)N1CCC[C@H](N1)C(=O)OCC(C)(C)C2. The van der Waals surface area contributed by atoms with Crippen molar-refractivity contribution >= 4 is 34.6 Å². The van der Waals surface area contributed by atoms with Gasteiger partial charge in [0.1, 0.15) is 12.1 Å². The van der Waals surface area contributed by atoms with Gasteiger partial charge in [0.2, 0.25) is 5.91 Å². The second kappa shape index (κ2) is 20.8. The number of likely N-dealkylation sites (tertiary alicyclic amines) is 2. The monoisotopic (exact) mass is 942 g/mol. The van der Waals surface area contributed by atoms with Gasteiger partial charge in [-0.2, -0.15) is 0 Å². The minimum atomic E-state index is -0.955. The van der Waals surface area contributed by atoms with E-state index < -0.39 is 29.4 Å². The first-order chi connectivity index (χ1) is 33.0. The highest BCUT2D eigenvalue weighted by molar-refractivity contribution is 5.96. The maximum Gasteiger partial charge on any atom is 0.324 e. The third-order valence-electron chi connectivity index (χ3n) is 14.5. The van der Waals surface area contributed by atoms with E-state index in [1.807, 2.05) is 52.8 Å². The van der Waals surface area contributed by atoms with E-state index in [0.717, 1.165) is 69.6 Å². The van der Waals surface area contributed by atoms with Gasteiger partial charge in [-0.05, 0) is 112 Å². The van der Waals surface area contributed by atoms with Crippen molar-refractivity contribution in [1.29, 1.82) is 0 Å². The molecule has 3 amide bonds. The molecular weight excluding hydrogens is 871 g/mol. The van der Waals surface area contributed by atoms with Gasteiger partial charge in [-0.25, -0.2) is 5.43 Å². The number of amides is 3. The van der Waals surface area contributed by atoms with Crippen molar-refractivity contribution in [3.8, 4) is 34.2 Å². The number of carbonyl (C=O) groups is 4. The Morgan fingerprint density at radius 1 is 1.01 bits per heavy atom. The molecule has 368 valence electrons. The number of hydrogen-bond donors (Lipinski definition) is 2. The Kier molecular flexibility index (Phi) is 15.0. The number of ether oxygens (including phenoxy) is 3. The molecule has 4 aliphatic heterocycles. The molecule has 0 aliphatic carbocycles. The molecule has 3 saturated heterocycles. The number of esters is 1. The Morgan fingerprint density at radius 3 is 2.49 bits per heavy atom. The molecule has 3 fully saturated rings. The number of nitrogens with one attached hydrogen (secondary N) is 2. The molecule has 14 nitrogen and oxygen atoms in total. The van der Waals surface area contributed by atoms with Crippen LogP contribution in [0.3, 0.4) is 0 Å². The number of hydrazine groups is 1. The van der Waals surface area contributed by atoms with Crippen LogP contribution in [0.5, 0.6) is 0 Å². The Labute approximate surface area is 407 Å². The maximum atomic E-state index is 14.7. The number of benzene rings is 2. The lowest BCUT2D eigenvalue weighted by molar-refractivity contribution is -0.155. The summed E-state index contributed by atoms with van der Waals surface area (Å²) in [4.78, 5) is 64.7. The van der Waals surface area contributed by atoms with Gasteiger partial charge in [0.05, 0.1) is 48.3 Å². The van der Waals surface area contributed by atoms with Crippen LogP contribution in [0.4, 0.5) is 0 Å². The van der Waals surface area contributed by atoms with Gasteiger partial charge in [0.15, 0.2) is 0 Å². The normalized spacial score (nSPS) is 21.1. The third-order valence-corrected chi connectivity index (χ3v) is 14.5. The van der Waals surface area contributed by atoms with E-state index in [4.69, 9.17) is 19.2 Å². The quantitative estimate of drug-likeness (QED) is 0.123. The number of methoxy groups -OCH3 is 1. The van der Waals surface area contributed by atoms with Crippen LogP contribution in [0.15, 0.2) is 60.8 Å². The van der Waals surface area contributed by atoms with E-state index in [2.05, 4.69) is 89.2 Å². The molecule has 8 rings (SSSR count). The number of rotatable bonds is 11. The van der Waals surface area contributed by atoms with Crippen molar-refractivity contribution in [2.24, 2.45) is 17.3 Å². The first kappa shape index (κ1) is 49.8. The number of fused-ring (bicyclic) bond motifs is 6. The summed E-state index contributed by atoms with van der Waals surface area (Å²) < 4.78 is 20.6. The van der Waals surface area contributed by atoms with Crippen LogP contribution >= 0.6 is 0 Å². The molecule has 0 saturated carbocycles. The largest absolute Gasteiger partial charge is 0.464 e. The summed E-state index contributed by atoms with van der Waals surface area (Å²) in [5.74, 6) is 4.04. The van der Waals surface area contributed by atoms with Crippen LogP contribution in [-0.2, 0) is 52.8 Å². The fourth-order valence-corrected chi connectivity index (χ4v) is 10.0. The molecule has 4 aromatic rings. The number of aromatic nitrogens is 2. The molecule has 6 bridgehead atoms. The Balaban J connectivity index is 1.08. The van der Waals surface area contributed by atoms with Gasteiger partial charge in [-0.3, -0.25) is 34.1 Å². The average Bonchev–Trinajstić information content (AvgIpc) is 3.60. The van der Waals surface area contributed by atoms with Gasteiger partial charge in [-0.1, -0.05) is 63.9 Å². The number of cyclic esters (lactones) is 1. The van der Waals surface area contributed by atoms with Crippen molar-refractivity contribution in [3.05, 3.63) is 77.6 Å². The molecule has 2 N–H and O–H groups in total. The zero-order valence-electron chi connectivity index (χ0n) is 42.0. The van der Waals surface area contributed by atoms with Crippen LogP contribution in [0, 0.1) is 29.1 Å². The summed E-state index contributed by atoms with van der Waals surface area (Å²) in [5, 5.41) is 5.72. The molecule has 2 aromatic carbocycles. The second-order valence-corrected chi connectivity index (χ2v) is 21.0. The molecule has 0 spiro atoms. The molecule has 0 radical (unpaired) electrons. The zero-order chi connectivity index (χ0) is 49.2. The minimum absolute atomic E-state index is 0.109. The maximum absolute atomic E-state index is 14.7. The Bertz CT molecular complexity index is 2620. The molecule has 6 heterocycles. The van der Waals surface area contributed by atoms with Gasteiger partial charge in [0.25, 0.3) is 11.8 Å². The lowest BCUT2D eigenvalue weighted by Gasteiger charge is -2.41. The molecule has 4 atom stereocenters. The number of hydrogen-bond acceptors (Lipinski definition) is 10. The smallest absolute Gasteiger partial charge is 0.324 e. The summed E-state index contributed by atoms with van der Waals surface area (Å²) in [6, 6.07) is 17.1. The Hall–Kier alpha value is -5.59. The molecule has 69 heavy (non-hydrogen) atoms. The predicted octanol–water partition coefficient (Wildman–Crippen LogP) is 6.73. The number of aryl methyl sites for hydroxylation is 1. The van der Waals surface area contributed by atoms with Crippen LogP contribution in [0.25, 0.3) is 33.3 Å². The molecule has 4 aliphatic rings. The van der Waals surface area contributed by atoms with Gasteiger partial charge < -0.3 is 29.0 Å². The number of carbonyl (C=O) groups excluding carboxylic acids is 4. The number of nitrogens with zero attached hydrogens (tertiary/aromatic N) is 5. The van der Waals surface area contributed by atoms with E-state index in [9.17, 15) is 19.2 Å². The van der Waals surface area contributed by atoms with Crippen molar-refractivity contribution < 1.29 is 33.4 Å². The van der Waals surface area contributed by atoms with Gasteiger partial charge in [0, 0.05) is 80.9 Å². The fourth-order valence-electron chi connectivity index (χ4n) is 10.0. The van der Waals surface area contributed by atoms with Crippen LogP contribution in [0.1, 0.15) is 97.6 Å². The average molecular weight is 942 g/mol. The third kappa shape index (κ3) is 10.9. The topological polar surface area (TPSA) is 148 Å². The summed E-state index contributed by atoms with van der Waals surface area (Å²) >= 11 is 0. The zero-order valence-corrected chi connectivity index (χ0v) is 42.0. The first-order valence-corrected chi connectivity index (χ1v) is 24.9. The summed E-state index contributed by atoms with van der Waals surface area (Å²) in [6.07, 6.45) is 4.40. The van der Waals surface area contributed by atoms with E-state index in [1.165, 1.54) is 5.01 Å². The minimum Gasteiger partial charge on any atom is -0.464 e. The van der Waals surface area contributed by atoms with Gasteiger partial charge in [-0.15, -0.1) is 0 Å². The van der Waals surface area contributed by atoms with Crippen molar-refractivity contribution in [3.63, 3.8) is 0 Å². The highest BCUT2D eigenvalue weighted by atomic mass is 16.5. The van der Waals surface area contributed by atoms with E-state index >= 15 is 0 Å². The number of pyridine rings is 1. The van der Waals surface area contributed by atoms with Crippen molar-refractivity contribution in [1.82, 2.24) is 35.1 Å². The van der Waals surface area contributed by atoms with Crippen molar-refractivity contribution in [2.45, 2.75) is 124 Å². The fraction of sp³-hybridized carbons (Fsp3) is 0.545.